The summed E-state index contributed by atoms with van der Waals surface area (Å²) in [5, 5.41) is 3.22. The van der Waals surface area contributed by atoms with Crippen LogP contribution in [0.5, 0.6) is 0 Å². The first-order chi connectivity index (χ1) is 8.91. The lowest BCUT2D eigenvalue weighted by Crippen LogP contribution is -2.32. The van der Waals surface area contributed by atoms with Crippen LogP contribution in [0.25, 0.3) is 0 Å². The summed E-state index contributed by atoms with van der Waals surface area (Å²) in [5.74, 6) is -0.606. The Hall–Kier alpha value is -1.30. The van der Waals surface area contributed by atoms with E-state index < -0.39 is 17.6 Å². The van der Waals surface area contributed by atoms with Crippen LogP contribution in [0.4, 0.5) is 23.2 Å². The van der Waals surface area contributed by atoms with Gasteiger partial charge in [0.15, 0.2) is 0 Å². The van der Waals surface area contributed by atoms with Gasteiger partial charge in [-0.25, -0.2) is 4.39 Å². The van der Waals surface area contributed by atoms with Crippen molar-refractivity contribution in [3.05, 3.63) is 29.6 Å². The van der Waals surface area contributed by atoms with E-state index in [1.54, 1.807) is 4.90 Å². The van der Waals surface area contributed by atoms with Crippen LogP contribution in [0.3, 0.4) is 0 Å². The van der Waals surface area contributed by atoms with Crippen LogP contribution in [-0.4, -0.2) is 25.7 Å². The van der Waals surface area contributed by atoms with Crippen molar-refractivity contribution in [3.8, 4) is 0 Å². The molecule has 2 rings (SSSR count). The first-order valence-electron chi connectivity index (χ1n) is 6.27. The summed E-state index contributed by atoms with van der Waals surface area (Å²) in [6, 6.07) is 2.76. The predicted molar refractivity (Wildman–Crippen MR) is 65.7 cm³/mol. The summed E-state index contributed by atoms with van der Waals surface area (Å²) in [7, 11) is 0. The van der Waals surface area contributed by atoms with Gasteiger partial charge in [-0.05, 0) is 31.2 Å². The van der Waals surface area contributed by atoms with Crippen LogP contribution >= 0.6 is 0 Å². The Morgan fingerprint density at radius 2 is 2.11 bits per heavy atom. The van der Waals surface area contributed by atoms with E-state index in [-0.39, 0.29) is 11.7 Å². The number of hydrogen-bond donors (Lipinski definition) is 1. The molecule has 1 aromatic carbocycles. The zero-order chi connectivity index (χ0) is 14.0. The second-order valence-electron chi connectivity index (χ2n) is 4.65. The molecule has 1 aromatic rings. The zero-order valence-electron chi connectivity index (χ0n) is 10.6. The third-order valence-corrected chi connectivity index (χ3v) is 3.30. The largest absolute Gasteiger partial charge is 0.416 e. The molecule has 1 N–H and O–H groups in total. The van der Waals surface area contributed by atoms with Gasteiger partial charge in [0.2, 0.25) is 0 Å². The van der Waals surface area contributed by atoms with Gasteiger partial charge in [0, 0.05) is 19.1 Å². The average Bonchev–Trinajstić information content (AvgIpc) is 2.77. The zero-order valence-corrected chi connectivity index (χ0v) is 10.6. The number of nitrogens with zero attached hydrogens (tertiary/aromatic N) is 1. The van der Waals surface area contributed by atoms with Crippen LogP contribution in [-0.2, 0) is 6.18 Å². The minimum Gasteiger partial charge on any atom is -0.368 e. The Labute approximate surface area is 109 Å². The van der Waals surface area contributed by atoms with Crippen molar-refractivity contribution in [1.82, 2.24) is 5.32 Å². The lowest BCUT2D eigenvalue weighted by molar-refractivity contribution is -0.137. The van der Waals surface area contributed by atoms with E-state index in [1.807, 2.05) is 6.92 Å². The normalized spacial score (nSPS) is 20.1. The first kappa shape index (κ1) is 14.1. The predicted octanol–water partition coefficient (Wildman–Crippen LogP) is 3.03. The number of halogens is 4. The Morgan fingerprint density at radius 1 is 1.37 bits per heavy atom. The molecule has 2 nitrogen and oxygen atoms in total. The molecule has 0 amide bonds. The first-order valence-corrected chi connectivity index (χ1v) is 6.27. The van der Waals surface area contributed by atoms with Crippen LogP contribution in [0.2, 0.25) is 0 Å². The molecule has 0 aliphatic carbocycles. The summed E-state index contributed by atoms with van der Waals surface area (Å²) < 4.78 is 51.6. The fourth-order valence-electron chi connectivity index (χ4n) is 2.37. The van der Waals surface area contributed by atoms with E-state index in [0.29, 0.717) is 13.1 Å². The van der Waals surface area contributed by atoms with Crippen LogP contribution in [0.15, 0.2) is 18.2 Å². The Balaban J connectivity index is 2.20. The van der Waals surface area contributed by atoms with Crippen molar-refractivity contribution < 1.29 is 17.6 Å². The summed E-state index contributed by atoms with van der Waals surface area (Å²) in [6.45, 7) is 3.86. The van der Waals surface area contributed by atoms with Crippen LogP contribution in [0.1, 0.15) is 18.9 Å². The molecule has 6 heteroatoms. The monoisotopic (exact) mass is 276 g/mol. The van der Waals surface area contributed by atoms with E-state index in [2.05, 4.69) is 5.32 Å². The SMILES string of the molecule is CCNC1CCN(c2cc(C(F)(F)F)ccc2F)C1. The Morgan fingerprint density at radius 3 is 2.74 bits per heavy atom. The van der Waals surface area contributed by atoms with E-state index in [9.17, 15) is 17.6 Å². The maximum atomic E-state index is 13.7. The lowest BCUT2D eigenvalue weighted by atomic mass is 10.1. The molecule has 0 bridgehead atoms. The van der Waals surface area contributed by atoms with E-state index in [0.717, 1.165) is 31.2 Å². The van der Waals surface area contributed by atoms with E-state index in [4.69, 9.17) is 0 Å². The molecule has 1 heterocycles. The molecule has 1 fully saturated rings. The fourth-order valence-corrected chi connectivity index (χ4v) is 2.37. The minimum atomic E-state index is -4.44. The molecule has 0 saturated carbocycles. The molecule has 19 heavy (non-hydrogen) atoms. The molecular formula is C13H16F4N2. The van der Waals surface area contributed by atoms with E-state index >= 15 is 0 Å². The number of benzene rings is 1. The second-order valence-corrected chi connectivity index (χ2v) is 4.65. The smallest absolute Gasteiger partial charge is 0.368 e. The number of nitrogens with one attached hydrogen (secondary N) is 1. The van der Waals surface area contributed by atoms with Crippen LogP contribution < -0.4 is 10.2 Å². The van der Waals surface area contributed by atoms with Gasteiger partial charge in [-0.2, -0.15) is 13.2 Å². The third kappa shape index (κ3) is 3.18. The molecule has 1 aliphatic rings. The highest BCUT2D eigenvalue weighted by Gasteiger charge is 2.32. The van der Waals surface area contributed by atoms with Crippen molar-refractivity contribution in [2.24, 2.45) is 0 Å². The standard InChI is InChI=1S/C13H16F4N2/c1-2-18-10-5-6-19(8-10)12-7-9(13(15,16)17)3-4-11(12)14/h3-4,7,10,18H,2,5-6,8H2,1H3. The molecular weight excluding hydrogens is 260 g/mol. The van der Waals surface area contributed by atoms with Crippen molar-refractivity contribution >= 4 is 5.69 Å². The lowest BCUT2D eigenvalue weighted by Gasteiger charge is -2.21. The molecule has 1 unspecified atom stereocenters. The summed E-state index contributed by atoms with van der Waals surface area (Å²) in [5.41, 5.74) is -0.772. The van der Waals surface area contributed by atoms with Gasteiger partial charge in [0.25, 0.3) is 0 Å². The van der Waals surface area contributed by atoms with E-state index in [1.165, 1.54) is 0 Å². The number of likely N-dealkylation sites (N-methyl/N-ethyl adjacent to an activating group) is 1. The minimum absolute atomic E-state index is 0.0372. The van der Waals surface area contributed by atoms with Gasteiger partial charge in [-0.3, -0.25) is 0 Å². The second kappa shape index (κ2) is 5.36. The Kier molecular flexibility index (Phi) is 3.99. The highest BCUT2D eigenvalue weighted by atomic mass is 19.4. The van der Waals surface area contributed by atoms with Gasteiger partial charge in [-0.1, -0.05) is 6.92 Å². The molecule has 0 aromatic heterocycles. The summed E-state index contributed by atoms with van der Waals surface area (Å²) in [6.07, 6.45) is -3.63. The van der Waals surface area contributed by atoms with Crippen molar-refractivity contribution in [2.45, 2.75) is 25.6 Å². The highest BCUT2D eigenvalue weighted by Crippen LogP contribution is 2.33. The molecule has 106 valence electrons. The average molecular weight is 276 g/mol. The maximum Gasteiger partial charge on any atom is 0.416 e. The van der Waals surface area contributed by atoms with Gasteiger partial charge in [0.1, 0.15) is 5.82 Å². The van der Waals surface area contributed by atoms with Gasteiger partial charge >= 0.3 is 6.18 Å². The summed E-state index contributed by atoms with van der Waals surface area (Å²) in [4.78, 5) is 1.66. The van der Waals surface area contributed by atoms with Crippen molar-refractivity contribution in [2.75, 3.05) is 24.5 Å². The highest BCUT2D eigenvalue weighted by molar-refractivity contribution is 5.51. The maximum absolute atomic E-state index is 13.7. The number of hydrogen-bond acceptors (Lipinski definition) is 2. The topological polar surface area (TPSA) is 15.3 Å². The number of alkyl halides is 3. The van der Waals surface area contributed by atoms with Crippen molar-refractivity contribution in [3.63, 3.8) is 0 Å². The molecule has 1 saturated heterocycles. The van der Waals surface area contributed by atoms with Crippen LogP contribution in [0, 0.1) is 5.82 Å². The fraction of sp³-hybridized carbons (Fsp3) is 0.538. The molecule has 0 spiro atoms. The Bertz CT molecular complexity index is 445. The molecule has 1 aliphatic heterocycles. The number of anilines is 1. The van der Waals surface area contributed by atoms with Gasteiger partial charge in [0.05, 0.1) is 11.3 Å². The third-order valence-electron chi connectivity index (χ3n) is 3.30. The van der Waals surface area contributed by atoms with Gasteiger partial charge < -0.3 is 10.2 Å². The number of rotatable bonds is 3. The molecule has 1 atom stereocenters. The summed E-state index contributed by atoms with van der Waals surface area (Å²) >= 11 is 0. The molecule has 0 radical (unpaired) electrons. The van der Waals surface area contributed by atoms with Gasteiger partial charge in [-0.15, -0.1) is 0 Å². The quantitative estimate of drug-likeness (QED) is 0.854. The van der Waals surface area contributed by atoms with Crippen molar-refractivity contribution in [1.29, 1.82) is 0 Å².